The van der Waals surface area contributed by atoms with Crippen LogP contribution in [0.15, 0.2) is 36.6 Å². The van der Waals surface area contributed by atoms with Gasteiger partial charge in [0.2, 0.25) is 0 Å². The Labute approximate surface area is 147 Å². The summed E-state index contributed by atoms with van der Waals surface area (Å²) in [5.74, 6) is 0.628. The Hall–Kier alpha value is -2.61. The van der Waals surface area contributed by atoms with E-state index in [4.69, 9.17) is 0 Å². The summed E-state index contributed by atoms with van der Waals surface area (Å²) in [6, 6.07) is 1.55. The molecular formula is C17H16FN5OS. The second-order valence-corrected chi connectivity index (χ2v) is 6.92. The van der Waals surface area contributed by atoms with Crippen LogP contribution in [0.5, 0.6) is 5.75 Å². The van der Waals surface area contributed by atoms with Gasteiger partial charge in [0.05, 0.1) is 5.56 Å². The number of allylic oxidation sites excluding steroid dienone is 1. The van der Waals surface area contributed by atoms with Gasteiger partial charge in [0, 0.05) is 24.7 Å². The van der Waals surface area contributed by atoms with Crippen LogP contribution in [0.25, 0.3) is 22.5 Å². The van der Waals surface area contributed by atoms with Crippen LogP contribution in [0.3, 0.4) is 0 Å². The summed E-state index contributed by atoms with van der Waals surface area (Å²) in [6.45, 7) is 0. The Balaban J connectivity index is 1.61. The molecular weight excluding hydrogens is 341 g/mol. The van der Waals surface area contributed by atoms with E-state index in [1.54, 1.807) is 41.6 Å². The molecule has 25 heavy (non-hydrogen) atoms. The first-order valence-electron chi connectivity index (χ1n) is 8.06. The predicted octanol–water partition coefficient (Wildman–Crippen LogP) is 3.79. The van der Waals surface area contributed by atoms with E-state index >= 15 is 0 Å². The number of aromatic nitrogens is 5. The average molecular weight is 357 g/mol. The summed E-state index contributed by atoms with van der Waals surface area (Å²) in [7, 11) is 0. The van der Waals surface area contributed by atoms with E-state index in [0.29, 0.717) is 27.8 Å². The second kappa shape index (κ2) is 6.72. The molecule has 0 saturated heterocycles. The summed E-state index contributed by atoms with van der Waals surface area (Å²) in [5, 5.41) is 19.7. The average Bonchev–Trinajstić information content (AvgIpc) is 3.29. The normalized spacial score (nSPS) is 19.4. The van der Waals surface area contributed by atoms with Crippen LogP contribution in [-0.4, -0.2) is 36.0 Å². The van der Waals surface area contributed by atoms with Crippen molar-refractivity contribution < 1.29 is 9.50 Å². The Morgan fingerprint density at radius 3 is 3.00 bits per heavy atom. The molecule has 4 rings (SSSR count). The molecule has 3 heterocycles. The van der Waals surface area contributed by atoms with E-state index in [1.807, 2.05) is 0 Å². The standard InChI is InChI=1S/C17H16FN5OS/c18-13-4-2-1-3-11(13)7-16-21-22-17(25-16)12-9-20-15(8-14(12)24)23-6-5-19-10-23/h5-10,13H,1-4H2,(H,20,24)/b11-7+/t13-/m1/s1. The number of hydrogen-bond donors (Lipinski definition) is 1. The summed E-state index contributed by atoms with van der Waals surface area (Å²) in [5.41, 5.74) is 1.29. The molecule has 0 aromatic carbocycles. The van der Waals surface area contributed by atoms with Crippen molar-refractivity contribution in [2.45, 2.75) is 31.9 Å². The highest BCUT2D eigenvalue weighted by molar-refractivity contribution is 7.15. The van der Waals surface area contributed by atoms with Gasteiger partial charge in [0.1, 0.15) is 29.1 Å². The quantitative estimate of drug-likeness (QED) is 0.772. The molecule has 0 aliphatic heterocycles. The molecule has 1 aliphatic carbocycles. The van der Waals surface area contributed by atoms with Gasteiger partial charge in [-0.1, -0.05) is 11.3 Å². The SMILES string of the molecule is Oc1cc(-n2ccnc2)ncc1-c1nnc(/C=C2\CCCC[C@H]2F)s1. The molecule has 6 nitrogen and oxygen atoms in total. The zero-order valence-corrected chi connectivity index (χ0v) is 14.2. The van der Waals surface area contributed by atoms with E-state index in [0.717, 1.165) is 24.8 Å². The Bertz CT molecular complexity index is 906. The zero-order chi connectivity index (χ0) is 17.2. The molecule has 3 aromatic rings. The molecule has 3 aromatic heterocycles. The number of hydrogen-bond acceptors (Lipinski definition) is 6. The number of rotatable bonds is 3. The molecule has 0 spiro atoms. The third-order valence-corrected chi connectivity index (χ3v) is 5.10. The number of imidazole rings is 1. The molecule has 1 saturated carbocycles. The predicted molar refractivity (Wildman–Crippen MR) is 93.3 cm³/mol. The number of nitrogens with zero attached hydrogens (tertiary/aromatic N) is 5. The van der Waals surface area contributed by atoms with Crippen LogP contribution >= 0.6 is 11.3 Å². The van der Waals surface area contributed by atoms with Crippen LogP contribution in [0.2, 0.25) is 0 Å². The van der Waals surface area contributed by atoms with Crippen molar-refractivity contribution in [3.63, 3.8) is 0 Å². The van der Waals surface area contributed by atoms with E-state index in [9.17, 15) is 9.50 Å². The first-order chi connectivity index (χ1) is 12.2. The highest BCUT2D eigenvalue weighted by Crippen LogP contribution is 2.34. The van der Waals surface area contributed by atoms with Crippen molar-refractivity contribution in [2.75, 3.05) is 0 Å². The fourth-order valence-electron chi connectivity index (χ4n) is 2.85. The van der Waals surface area contributed by atoms with Crippen molar-refractivity contribution in [2.24, 2.45) is 0 Å². The van der Waals surface area contributed by atoms with Gasteiger partial charge in [-0.15, -0.1) is 10.2 Å². The van der Waals surface area contributed by atoms with Gasteiger partial charge >= 0.3 is 0 Å². The van der Waals surface area contributed by atoms with Gasteiger partial charge in [-0.2, -0.15) is 0 Å². The lowest BCUT2D eigenvalue weighted by atomic mass is 9.93. The van der Waals surface area contributed by atoms with Crippen LogP contribution in [0.4, 0.5) is 4.39 Å². The van der Waals surface area contributed by atoms with Gasteiger partial charge in [-0.05, 0) is 37.3 Å². The minimum Gasteiger partial charge on any atom is -0.507 e. The van der Waals surface area contributed by atoms with Gasteiger partial charge in [0.15, 0.2) is 5.01 Å². The maximum Gasteiger partial charge on any atom is 0.153 e. The summed E-state index contributed by atoms with van der Waals surface area (Å²) in [4.78, 5) is 8.28. The maximum atomic E-state index is 13.9. The summed E-state index contributed by atoms with van der Waals surface area (Å²) < 4.78 is 15.6. The van der Waals surface area contributed by atoms with Gasteiger partial charge in [0.25, 0.3) is 0 Å². The van der Waals surface area contributed by atoms with Crippen LogP contribution in [-0.2, 0) is 0 Å². The molecule has 1 fully saturated rings. The van der Waals surface area contributed by atoms with Gasteiger partial charge in [-0.25, -0.2) is 14.4 Å². The third kappa shape index (κ3) is 3.30. The molecule has 128 valence electrons. The van der Waals surface area contributed by atoms with Gasteiger partial charge in [-0.3, -0.25) is 4.57 Å². The molecule has 0 amide bonds. The first-order valence-corrected chi connectivity index (χ1v) is 8.88. The van der Waals surface area contributed by atoms with Crippen LogP contribution in [0.1, 0.15) is 30.7 Å². The van der Waals surface area contributed by atoms with E-state index in [1.165, 1.54) is 11.3 Å². The van der Waals surface area contributed by atoms with E-state index in [2.05, 4.69) is 20.2 Å². The fourth-order valence-corrected chi connectivity index (χ4v) is 3.69. The van der Waals surface area contributed by atoms with Crippen molar-refractivity contribution in [3.8, 4) is 22.1 Å². The van der Waals surface area contributed by atoms with E-state index < -0.39 is 6.17 Å². The molecule has 1 aliphatic rings. The zero-order valence-electron chi connectivity index (χ0n) is 13.3. The topological polar surface area (TPSA) is 76.7 Å². The Kier molecular flexibility index (Phi) is 4.27. The monoisotopic (exact) mass is 357 g/mol. The smallest absolute Gasteiger partial charge is 0.153 e. The lowest BCUT2D eigenvalue weighted by Crippen LogP contribution is -2.09. The molecule has 1 atom stereocenters. The number of alkyl halides is 1. The third-order valence-electron chi connectivity index (χ3n) is 4.19. The largest absolute Gasteiger partial charge is 0.507 e. The molecule has 0 radical (unpaired) electrons. The molecule has 0 bridgehead atoms. The van der Waals surface area contributed by atoms with Crippen molar-refractivity contribution in [3.05, 3.63) is 41.6 Å². The van der Waals surface area contributed by atoms with Crippen molar-refractivity contribution >= 4 is 17.4 Å². The number of halogens is 1. The minimum atomic E-state index is -0.884. The number of pyridine rings is 1. The highest BCUT2D eigenvalue weighted by atomic mass is 32.1. The highest BCUT2D eigenvalue weighted by Gasteiger charge is 2.19. The fraction of sp³-hybridized carbons (Fsp3) is 0.294. The molecule has 1 N–H and O–H groups in total. The molecule has 8 heteroatoms. The summed E-state index contributed by atoms with van der Waals surface area (Å²) >= 11 is 1.31. The first kappa shape index (κ1) is 15.9. The number of aromatic hydroxyl groups is 1. The van der Waals surface area contributed by atoms with Crippen LogP contribution in [0, 0.1) is 0 Å². The maximum absolute atomic E-state index is 13.9. The minimum absolute atomic E-state index is 0.0649. The lowest BCUT2D eigenvalue weighted by Gasteiger charge is -2.17. The Morgan fingerprint density at radius 1 is 1.32 bits per heavy atom. The lowest BCUT2D eigenvalue weighted by molar-refractivity contribution is 0.319. The van der Waals surface area contributed by atoms with Crippen molar-refractivity contribution in [1.82, 2.24) is 24.7 Å². The summed E-state index contributed by atoms with van der Waals surface area (Å²) in [6.07, 6.45) is 10.7. The molecule has 0 unspecified atom stereocenters. The van der Waals surface area contributed by atoms with E-state index in [-0.39, 0.29) is 5.75 Å². The second-order valence-electron chi connectivity index (χ2n) is 5.91. The Morgan fingerprint density at radius 2 is 2.24 bits per heavy atom. The van der Waals surface area contributed by atoms with Crippen molar-refractivity contribution in [1.29, 1.82) is 0 Å². The van der Waals surface area contributed by atoms with Crippen LogP contribution < -0.4 is 0 Å². The van der Waals surface area contributed by atoms with Gasteiger partial charge < -0.3 is 5.11 Å².